The fraction of sp³-hybridized carbons (Fsp3) is 0.462. The zero-order chi connectivity index (χ0) is 20.8. The van der Waals surface area contributed by atoms with Crippen LogP contribution in [0.1, 0.15) is 0 Å². The summed E-state index contributed by atoms with van der Waals surface area (Å²) in [6.07, 6.45) is -4.03. The van der Waals surface area contributed by atoms with E-state index in [2.05, 4.69) is 9.47 Å². The molecule has 0 spiro atoms. The quantitative estimate of drug-likeness (QED) is 0.263. The summed E-state index contributed by atoms with van der Waals surface area (Å²) in [6, 6.07) is 2.23. The van der Waals surface area contributed by atoms with E-state index in [4.69, 9.17) is 0 Å². The van der Waals surface area contributed by atoms with E-state index >= 15 is 0 Å². The number of methoxy groups -OCH3 is 1. The van der Waals surface area contributed by atoms with Crippen molar-refractivity contribution in [2.24, 2.45) is 0 Å². The Morgan fingerprint density at radius 3 is 2.44 bits per heavy atom. The highest BCUT2D eigenvalue weighted by Gasteiger charge is 2.41. The summed E-state index contributed by atoms with van der Waals surface area (Å²) in [5.74, 6) is -5.80. The standard InChI is InChI=1S/C13H14F4N2O7S/c1-25-11(20)8(6-26-7-13(16,17)12(14)15)18-27(23,24)10-5-3-2-4-9(10)19(21)22/h2-5,8,12,18H,6-7H2,1H3. The molecule has 1 unspecified atom stereocenters. The Morgan fingerprint density at radius 2 is 1.93 bits per heavy atom. The van der Waals surface area contributed by atoms with E-state index in [1.54, 1.807) is 4.72 Å². The number of rotatable bonds is 10. The highest BCUT2D eigenvalue weighted by atomic mass is 32.2. The van der Waals surface area contributed by atoms with E-state index in [0.717, 1.165) is 19.2 Å². The van der Waals surface area contributed by atoms with Crippen molar-refractivity contribution in [3.63, 3.8) is 0 Å². The minimum Gasteiger partial charge on any atom is -0.468 e. The average molecular weight is 418 g/mol. The molecule has 9 nitrogen and oxygen atoms in total. The van der Waals surface area contributed by atoms with Crippen LogP contribution in [-0.4, -0.2) is 58.0 Å². The van der Waals surface area contributed by atoms with E-state index < -0.39 is 63.1 Å². The van der Waals surface area contributed by atoms with Gasteiger partial charge in [-0.2, -0.15) is 13.5 Å². The van der Waals surface area contributed by atoms with Crippen molar-refractivity contribution in [3.8, 4) is 0 Å². The molecule has 0 fully saturated rings. The summed E-state index contributed by atoms with van der Waals surface area (Å²) < 4.78 is 84.7. The first kappa shape index (κ1) is 22.7. The SMILES string of the molecule is COC(=O)C(COCC(F)(F)C(F)F)NS(=O)(=O)c1ccccc1[N+](=O)[O-]. The van der Waals surface area contributed by atoms with Crippen LogP contribution >= 0.6 is 0 Å². The van der Waals surface area contributed by atoms with Crippen LogP contribution in [0.25, 0.3) is 0 Å². The molecule has 14 heteroatoms. The minimum atomic E-state index is -4.68. The number of nitro benzene ring substituents is 1. The normalized spacial score (nSPS) is 13.4. The van der Waals surface area contributed by atoms with Crippen LogP contribution in [0.3, 0.4) is 0 Å². The molecular formula is C13H14F4N2O7S. The predicted octanol–water partition coefficient (Wildman–Crippen LogP) is 1.33. The van der Waals surface area contributed by atoms with E-state index in [1.807, 2.05) is 0 Å². The third-order valence-electron chi connectivity index (χ3n) is 3.03. The molecule has 0 saturated heterocycles. The summed E-state index contributed by atoms with van der Waals surface area (Å²) in [5, 5.41) is 10.9. The number of nitrogens with zero attached hydrogens (tertiary/aromatic N) is 1. The van der Waals surface area contributed by atoms with E-state index in [0.29, 0.717) is 0 Å². The first-order valence-corrected chi connectivity index (χ1v) is 8.48. The number of halogens is 4. The zero-order valence-corrected chi connectivity index (χ0v) is 14.4. The van der Waals surface area contributed by atoms with Crippen LogP contribution in [0.15, 0.2) is 29.2 Å². The molecule has 0 bridgehead atoms. The van der Waals surface area contributed by atoms with Crippen LogP contribution in [-0.2, 0) is 24.3 Å². The van der Waals surface area contributed by atoms with Gasteiger partial charge in [-0.15, -0.1) is 0 Å². The van der Waals surface area contributed by atoms with E-state index in [1.165, 1.54) is 12.1 Å². The molecule has 1 N–H and O–H groups in total. The van der Waals surface area contributed by atoms with Gasteiger partial charge >= 0.3 is 18.3 Å². The van der Waals surface area contributed by atoms with E-state index in [9.17, 15) is 40.9 Å². The molecule has 0 aliphatic heterocycles. The summed E-state index contributed by atoms with van der Waals surface area (Å²) in [6.45, 7) is -2.86. The van der Waals surface area contributed by atoms with E-state index in [-0.39, 0.29) is 0 Å². The Bertz CT molecular complexity index is 789. The van der Waals surface area contributed by atoms with Gasteiger partial charge in [-0.25, -0.2) is 17.2 Å². The molecular weight excluding hydrogens is 404 g/mol. The number of hydrogen-bond acceptors (Lipinski definition) is 7. The maximum Gasteiger partial charge on any atom is 0.330 e. The molecule has 0 radical (unpaired) electrons. The molecule has 0 aliphatic carbocycles. The monoisotopic (exact) mass is 418 g/mol. The molecule has 0 aliphatic rings. The first-order valence-electron chi connectivity index (χ1n) is 6.99. The number of carbonyl (C=O) groups excluding carboxylic acids is 1. The van der Waals surface area contributed by atoms with Gasteiger partial charge in [0.05, 0.1) is 18.6 Å². The maximum absolute atomic E-state index is 12.8. The Hall–Kier alpha value is -2.32. The Morgan fingerprint density at radius 1 is 1.33 bits per heavy atom. The molecule has 1 atom stereocenters. The van der Waals surface area contributed by atoms with Crippen molar-refractivity contribution in [2.75, 3.05) is 20.3 Å². The van der Waals surface area contributed by atoms with Gasteiger partial charge in [-0.3, -0.25) is 14.9 Å². The number of para-hydroxylation sites is 1. The Kier molecular flexibility index (Phi) is 7.62. The Labute approximate surface area is 150 Å². The molecule has 27 heavy (non-hydrogen) atoms. The maximum atomic E-state index is 12.8. The molecule has 0 amide bonds. The lowest BCUT2D eigenvalue weighted by molar-refractivity contribution is -0.387. The van der Waals surface area contributed by atoms with Crippen LogP contribution in [0, 0.1) is 10.1 Å². The Balaban J connectivity index is 3.00. The second-order valence-electron chi connectivity index (χ2n) is 5.00. The van der Waals surface area contributed by atoms with Crippen LogP contribution in [0.5, 0.6) is 0 Å². The summed E-state index contributed by atoms with van der Waals surface area (Å²) in [7, 11) is -3.83. The number of ether oxygens (including phenoxy) is 2. The average Bonchev–Trinajstić information content (AvgIpc) is 2.59. The topological polar surface area (TPSA) is 125 Å². The van der Waals surface area contributed by atoms with Crippen molar-refractivity contribution >= 4 is 21.7 Å². The number of carbonyl (C=O) groups is 1. The van der Waals surface area contributed by atoms with Gasteiger partial charge in [0.2, 0.25) is 10.0 Å². The molecule has 0 heterocycles. The highest BCUT2D eigenvalue weighted by molar-refractivity contribution is 7.89. The lowest BCUT2D eigenvalue weighted by Gasteiger charge is -2.19. The third kappa shape index (κ3) is 6.11. The molecule has 152 valence electrons. The minimum absolute atomic E-state index is 0.804. The smallest absolute Gasteiger partial charge is 0.330 e. The second kappa shape index (κ2) is 9.05. The van der Waals surface area contributed by atoms with Crippen molar-refractivity contribution in [2.45, 2.75) is 23.3 Å². The first-order chi connectivity index (χ1) is 12.4. The number of esters is 1. The van der Waals surface area contributed by atoms with Crippen LogP contribution in [0.4, 0.5) is 23.2 Å². The van der Waals surface area contributed by atoms with Crippen LogP contribution < -0.4 is 4.72 Å². The zero-order valence-electron chi connectivity index (χ0n) is 13.6. The second-order valence-corrected chi connectivity index (χ2v) is 6.68. The number of nitrogens with one attached hydrogen (secondary N) is 1. The summed E-state index contributed by atoms with van der Waals surface area (Å²) in [5.41, 5.74) is -0.807. The van der Waals surface area contributed by atoms with Crippen molar-refractivity contribution in [1.29, 1.82) is 0 Å². The van der Waals surface area contributed by atoms with Crippen LogP contribution in [0.2, 0.25) is 0 Å². The number of sulfonamides is 1. The summed E-state index contributed by atoms with van der Waals surface area (Å²) >= 11 is 0. The van der Waals surface area contributed by atoms with Gasteiger partial charge in [-0.1, -0.05) is 12.1 Å². The number of alkyl halides is 4. The molecule has 0 saturated carbocycles. The number of benzene rings is 1. The third-order valence-corrected chi connectivity index (χ3v) is 4.55. The lowest BCUT2D eigenvalue weighted by atomic mass is 10.3. The van der Waals surface area contributed by atoms with Crippen molar-refractivity contribution < 1.29 is 45.2 Å². The van der Waals surface area contributed by atoms with Crippen molar-refractivity contribution in [3.05, 3.63) is 34.4 Å². The fourth-order valence-corrected chi connectivity index (χ4v) is 3.10. The van der Waals surface area contributed by atoms with Gasteiger partial charge in [0.25, 0.3) is 5.69 Å². The van der Waals surface area contributed by atoms with Gasteiger partial charge < -0.3 is 9.47 Å². The van der Waals surface area contributed by atoms with Gasteiger partial charge in [0.1, 0.15) is 12.6 Å². The molecule has 1 aromatic rings. The highest BCUT2D eigenvalue weighted by Crippen LogP contribution is 2.24. The fourth-order valence-electron chi connectivity index (χ4n) is 1.75. The van der Waals surface area contributed by atoms with Gasteiger partial charge in [-0.05, 0) is 6.07 Å². The lowest BCUT2D eigenvalue weighted by Crippen LogP contribution is -2.45. The van der Waals surface area contributed by atoms with Gasteiger partial charge in [0.15, 0.2) is 4.90 Å². The number of nitro groups is 1. The molecule has 1 rings (SSSR count). The van der Waals surface area contributed by atoms with Crippen molar-refractivity contribution in [1.82, 2.24) is 4.72 Å². The summed E-state index contributed by atoms with van der Waals surface area (Å²) in [4.78, 5) is 20.8. The van der Waals surface area contributed by atoms with Gasteiger partial charge in [0, 0.05) is 6.07 Å². The molecule has 0 aromatic heterocycles. The largest absolute Gasteiger partial charge is 0.468 e. The predicted molar refractivity (Wildman–Crippen MR) is 81.0 cm³/mol. The molecule has 1 aromatic carbocycles. The number of hydrogen-bond donors (Lipinski definition) is 1.